The fourth-order valence-electron chi connectivity index (χ4n) is 2.16. The Kier molecular flexibility index (Phi) is 15.8. The van der Waals surface area contributed by atoms with Crippen molar-refractivity contribution in [2.75, 3.05) is 39.3 Å². The molecule has 1 atom stereocenters. The van der Waals surface area contributed by atoms with Crippen molar-refractivity contribution in [3.63, 3.8) is 0 Å². The summed E-state index contributed by atoms with van der Waals surface area (Å²) in [6.45, 7) is -2.25. The molecule has 0 fully saturated rings. The fourth-order valence-corrected chi connectivity index (χ4v) is 2.16. The number of rotatable bonds is 16. The highest BCUT2D eigenvalue weighted by atomic mass is 16.4. The van der Waals surface area contributed by atoms with Gasteiger partial charge in [0.15, 0.2) is 12.0 Å². The number of hydrogen-bond acceptors (Lipinski definition) is 9. The summed E-state index contributed by atoms with van der Waals surface area (Å²) in [4.78, 5) is 68.3. The topological polar surface area (TPSA) is 295 Å². The summed E-state index contributed by atoms with van der Waals surface area (Å²) in [6.07, 6.45) is -0.406. The maximum atomic E-state index is 10.6. The number of nitrogens with zero attached hydrogens (tertiary/aromatic N) is 3. The zero-order valence-corrected chi connectivity index (χ0v) is 17.4. The Bertz CT molecular complexity index is 669. The summed E-state index contributed by atoms with van der Waals surface area (Å²) in [5.41, 5.74) is 9.91. The molecule has 0 saturated carbocycles. The normalized spacial score (nSPS) is 11.1. The van der Waals surface area contributed by atoms with Crippen LogP contribution in [0.1, 0.15) is 12.8 Å². The molecular formula is C16H27N5O12. The summed E-state index contributed by atoms with van der Waals surface area (Å²) < 4.78 is 0. The summed E-state index contributed by atoms with van der Waals surface area (Å²) in [7, 11) is 0. The Morgan fingerprint density at radius 2 is 0.970 bits per heavy atom. The van der Waals surface area contributed by atoms with E-state index in [1.807, 2.05) is 0 Å². The molecule has 0 radical (unpaired) electrons. The van der Waals surface area contributed by atoms with Crippen LogP contribution in [0, 0.1) is 0 Å². The third-order valence-electron chi connectivity index (χ3n) is 3.39. The van der Waals surface area contributed by atoms with Crippen LogP contribution in [0.15, 0.2) is 4.99 Å². The quantitative estimate of drug-likeness (QED) is 0.0783. The minimum atomic E-state index is -1.24. The first-order valence-corrected chi connectivity index (χ1v) is 8.99. The first kappa shape index (κ1) is 31.2. The molecule has 17 nitrogen and oxygen atoms in total. The number of guanidine groups is 1. The molecule has 188 valence electrons. The monoisotopic (exact) mass is 481 g/mol. The molecule has 0 saturated heterocycles. The van der Waals surface area contributed by atoms with Crippen LogP contribution in [0.2, 0.25) is 0 Å². The van der Waals surface area contributed by atoms with Crippen molar-refractivity contribution in [3.8, 4) is 0 Å². The predicted molar refractivity (Wildman–Crippen MR) is 108 cm³/mol. The Hall–Kier alpha value is -3.99. The largest absolute Gasteiger partial charge is 0.481 e. The molecule has 0 aromatic heterocycles. The van der Waals surface area contributed by atoms with Crippen molar-refractivity contribution in [2.24, 2.45) is 16.5 Å². The maximum Gasteiger partial charge on any atom is 0.328 e. The summed E-state index contributed by atoms with van der Waals surface area (Å²) in [5, 5.41) is 51.3. The second kappa shape index (κ2) is 16.7. The summed E-state index contributed by atoms with van der Waals surface area (Å²) in [5.74, 6) is -7.60. The number of carbonyl (C=O) groups is 6. The molecular weight excluding hydrogens is 454 g/mol. The number of carboxylic acids is 6. The molecule has 0 amide bonds. The third kappa shape index (κ3) is 21.0. The molecule has 10 N–H and O–H groups in total. The first-order valence-electron chi connectivity index (χ1n) is 8.99. The van der Waals surface area contributed by atoms with E-state index in [9.17, 15) is 28.8 Å². The smallest absolute Gasteiger partial charge is 0.328 e. The van der Waals surface area contributed by atoms with Crippen LogP contribution in [0.25, 0.3) is 0 Å². The number of nitrogens with two attached hydrogens (primary N) is 2. The molecule has 0 aromatic rings. The van der Waals surface area contributed by atoms with Gasteiger partial charge in [-0.25, -0.2) is 9.79 Å². The predicted octanol–water partition coefficient (Wildman–Crippen LogP) is -3.49. The standard InChI is InChI=1S/C10H16N2O8.C6H11N3O4/c13-7(14)3-11(4-8(15)16)1-2-12(5-9(17)18)6-10(19)20;7-6(8)9-3(5(12)13)1-2-4(10)11/h1-6H2,(H,13,14)(H,15,16)(H,17,18)(H,19,20);3H,1-2H2,(H,10,11)(H,12,13)(H4,7,8,9)/t;3-/m.0/s1. The van der Waals surface area contributed by atoms with Crippen LogP contribution in [-0.2, 0) is 28.8 Å². The van der Waals surface area contributed by atoms with E-state index in [0.29, 0.717) is 0 Å². The maximum absolute atomic E-state index is 10.6. The zero-order chi connectivity index (χ0) is 26.1. The Balaban J connectivity index is 0. The Morgan fingerprint density at radius 3 is 1.18 bits per heavy atom. The second-order valence-electron chi connectivity index (χ2n) is 6.34. The van der Waals surface area contributed by atoms with Gasteiger partial charge in [0.05, 0.1) is 26.2 Å². The lowest BCUT2D eigenvalue weighted by molar-refractivity contribution is -0.145. The van der Waals surface area contributed by atoms with Gasteiger partial charge in [0.25, 0.3) is 0 Å². The van der Waals surface area contributed by atoms with Gasteiger partial charge < -0.3 is 42.1 Å². The molecule has 0 aliphatic rings. The van der Waals surface area contributed by atoms with Gasteiger partial charge in [0.2, 0.25) is 0 Å². The van der Waals surface area contributed by atoms with Gasteiger partial charge in [0.1, 0.15) is 0 Å². The molecule has 0 aliphatic carbocycles. The van der Waals surface area contributed by atoms with E-state index in [1.165, 1.54) is 0 Å². The molecule has 0 aromatic carbocycles. The number of aliphatic carboxylic acids is 6. The van der Waals surface area contributed by atoms with Crippen LogP contribution < -0.4 is 11.5 Å². The van der Waals surface area contributed by atoms with E-state index < -0.39 is 68.0 Å². The van der Waals surface area contributed by atoms with E-state index in [-0.39, 0.29) is 31.9 Å². The first-order chi connectivity index (χ1) is 15.1. The van der Waals surface area contributed by atoms with Crippen LogP contribution >= 0.6 is 0 Å². The van der Waals surface area contributed by atoms with Crippen molar-refractivity contribution >= 4 is 41.8 Å². The third-order valence-corrected chi connectivity index (χ3v) is 3.39. The van der Waals surface area contributed by atoms with Crippen LogP contribution in [0.4, 0.5) is 0 Å². The number of hydrogen-bond donors (Lipinski definition) is 8. The van der Waals surface area contributed by atoms with Crippen molar-refractivity contribution in [1.82, 2.24) is 9.80 Å². The van der Waals surface area contributed by atoms with Crippen LogP contribution in [-0.4, -0.2) is 128 Å². The minimum Gasteiger partial charge on any atom is -0.481 e. The van der Waals surface area contributed by atoms with Gasteiger partial charge in [-0.3, -0.25) is 33.8 Å². The zero-order valence-electron chi connectivity index (χ0n) is 17.4. The lowest BCUT2D eigenvalue weighted by atomic mass is 10.2. The number of carboxylic acid groups (broad SMARTS) is 6. The average Bonchev–Trinajstić information content (AvgIpc) is 2.61. The van der Waals surface area contributed by atoms with Gasteiger partial charge in [-0.2, -0.15) is 0 Å². The van der Waals surface area contributed by atoms with Crippen molar-refractivity contribution < 1.29 is 59.4 Å². The Labute approximate surface area is 186 Å². The Morgan fingerprint density at radius 1 is 0.636 bits per heavy atom. The lowest BCUT2D eigenvalue weighted by Gasteiger charge is -2.23. The van der Waals surface area contributed by atoms with Gasteiger partial charge in [-0.1, -0.05) is 0 Å². The molecule has 0 rings (SSSR count). The van der Waals surface area contributed by atoms with E-state index in [0.717, 1.165) is 9.80 Å². The summed E-state index contributed by atoms with van der Waals surface area (Å²) in [6, 6.07) is -1.18. The van der Waals surface area contributed by atoms with E-state index >= 15 is 0 Å². The van der Waals surface area contributed by atoms with Crippen LogP contribution in [0.5, 0.6) is 0 Å². The van der Waals surface area contributed by atoms with Gasteiger partial charge in [0, 0.05) is 19.5 Å². The van der Waals surface area contributed by atoms with Crippen molar-refractivity contribution in [3.05, 3.63) is 0 Å². The SMILES string of the molecule is NC(N)=N[C@@H](CCC(=O)O)C(=O)O.O=C(O)CN(CCN(CC(=O)O)CC(=O)O)CC(=O)O. The average molecular weight is 481 g/mol. The fraction of sp³-hybridized carbons (Fsp3) is 0.562. The van der Waals surface area contributed by atoms with E-state index in [4.69, 9.17) is 42.1 Å². The second-order valence-corrected chi connectivity index (χ2v) is 6.34. The van der Waals surface area contributed by atoms with Crippen molar-refractivity contribution in [2.45, 2.75) is 18.9 Å². The molecule has 0 heterocycles. The molecule has 0 spiro atoms. The molecule has 0 aliphatic heterocycles. The van der Waals surface area contributed by atoms with E-state index in [1.54, 1.807) is 0 Å². The van der Waals surface area contributed by atoms with Gasteiger partial charge in [-0.05, 0) is 6.42 Å². The highest BCUT2D eigenvalue weighted by molar-refractivity contribution is 5.82. The number of aliphatic imine (C=N–C) groups is 1. The highest BCUT2D eigenvalue weighted by Crippen LogP contribution is 2.02. The van der Waals surface area contributed by atoms with Gasteiger partial charge in [-0.15, -0.1) is 0 Å². The minimum absolute atomic E-state index is 0.0703. The highest BCUT2D eigenvalue weighted by Gasteiger charge is 2.18. The molecule has 33 heavy (non-hydrogen) atoms. The summed E-state index contributed by atoms with van der Waals surface area (Å²) >= 11 is 0. The molecule has 0 unspecified atom stereocenters. The van der Waals surface area contributed by atoms with E-state index in [2.05, 4.69) is 4.99 Å². The van der Waals surface area contributed by atoms with Crippen molar-refractivity contribution in [1.29, 1.82) is 0 Å². The lowest BCUT2D eigenvalue weighted by Crippen LogP contribution is -2.43. The molecule has 0 bridgehead atoms. The van der Waals surface area contributed by atoms with Gasteiger partial charge >= 0.3 is 35.8 Å². The molecule has 17 heteroatoms. The van der Waals surface area contributed by atoms with Crippen LogP contribution in [0.3, 0.4) is 0 Å².